The molecular weight excluding hydrogens is 721 g/mol. The molecule has 0 aliphatic rings. The molecule has 57 heavy (non-hydrogen) atoms. The van der Waals surface area contributed by atoms with Gasteiger partial charge in [-0.1, -0.05) is 98.4 Å². The molecule has 0 radical (unpaired) electrons. The molecule has 0 aliphatic heterocycles. The molecule has 0 atom stereocenters. The highest BCUT2D eigenvalue weighted by Crippen LogP contribution is 2.21. The Morgan fingerprint density at radius 3 is 1.88 bits per heavy atom. The Morgan fingerprint density at radius 1 is 0.737 bits per heavy atom. The third-order valence-corrected chi connectivity index (χ3v) is 7.98. The Morgan fingerprint density at radius 2 is 1.30 bits per heavy atom. The summed E-state index contributed by atoms with van der Waals surface area (Å²) >= 11 is 0. The number of rotatable bonds is 18. The fourth-order valence-corrected chi connectivity index (χ4v) is 5.24. The van der Waals surface area contributed by atoms with Gasteiger partial charge in [0, 0.05) is 17.8 Å². The van der Waals surface area contributed by atoms with Gasteiger partial charge in [0.2, 0.25) is 5.91 Å². The van der Waals surface area contributed by atoms with Crippen LogP contribution in [0, 0.1) is 12.3 Å². The normalized spacial score (nSPS) is 10.5. The molecule has 4 rings (SSSR count). The quantitative estimate of drug-likeness (QED) is 0.0579. The van der Waals surface area contributed by atoms with E-state index in [4.69, 9.17) is 14.2 Å². The van der Waals surface area contributed by atoms with E-state index in [1.54, 1.807) is 67.8 Å². The minimum atomic E-state index is -1.16. The summed E-state index contributed by atoms with van der Waals surface area (Å²) in [5.41, 5.74) is 4.05. The van der Waals surface area contributed by atoms with E-state index in [1.807, 2.05) is 39.0 Å². The first-order chi connectivity index (χ1) is 27.1. The van der Waals surface area contributed by atoms with Crippen molar-refractivity contribution in [3.8, 4) is 17.2 Å². The third-order valence-electron chi connectivity index (χ3n) is 7.98. The first-order valence-electron chi connectivity index (χ1n) is 19.7. The Labute approximate surface area is 339 Å². The van der Waals surface area contributed by atoms with E-state index in [2.05, 4.69) is 39.9 Å². The van der Waals surface area contributed by atoms with Crippen LogP contribution in [0.1, 0.15) is 118 Å². The van der Waals surface area contributed by atoms with Crippen LogP contribution in [0.5, 0.6) is 17.2 Å². The van der Waals surface area contributed by atoms with E-state index in [9.17, 15) is 24.3 Å². The topological polar surface area (TPSA) is 131 Å². The number of nitrogens with zero attached hydrogens (tertiary/aromatic N) is 1. The molecule has 0 aromatic heterocycles. The number of methoxy groups -OCH3 is 1. The molecular formula is C47H62N2O8. The summed E-state index contributed by atoms with van der Waals surface area (Å²) in [6.45, 7) is 17.0. The lowest BCUT2D eigenvalue weighted by Crippen LogP contribution is -2.35. The zero-order chi connectivity index (χ0) is 42.4. The van der Waals surface area contributed by atoms with E-state index in [0.29, 0.717) is 46.1 Å². The number of ether oxygens (including phenoxy) is 3. The van der Waals surface area contributed by atoms with Crippen LogP contribution in [0.2, 0.25) is 0 Å². The van der Waals surface area contributed by atoms with Gasteiger partial charge >= 0.3 is 11.9 Å². The minimum Gasteiger partial charge on any atom is -0.496 e. The Hall–Kier alpha value is -5.64. The van der Waals surface area contributed by atoms with Crippen LogP contribution in [0.4, 0.5) is 5.69 Å². The molecule has 0 saturated carbocycles. The summed E-state index contributed by atoms with van der Waals surface area (Å²) in [6, 6.07) is 25.2. The van der Waals surface area contributed by atoms with Gasteiger partial charge in [-0.05, 0) is 102 Å². The van der Waals surface area contributed by atoms with Crippen molar-refractivity contribution in [2.75, 3.05) is 25.6 Å². The number of nitrogens with one attached hydrogen (secondary N) is 1. The highest BCUT2D eigenvalue weighted by molar-refractivity contribution is 5.97. The van der Waals surface area contributed by atoms with Crippen molar-refractivity contribution in [3.05, 3.63) is 119 Å². The van der Waals surface area contributed by atoms with Crippen LogP contribution < -0.4 is 19.5 Å². The van der Waals surface area contributed by atoms with Gasteiger partial charge in [0.1, 0.15) is 23.8 Å². The Kier molecular flexibility index (Phi) is 20.7. The van der Waals surface area contributed by atoms with Crippen molar-refractivity contribution in [2.24, 2.45) is 5.41 Å². The first-order valence-corrected chi connectivity index (χ1v) is 19.7. The van der Waals surface area contributed by atoms with E-state index < -0.39 is 24.4 Å². The van der Waals surface area contributed by atoms with Crippen molar-refractivity contribution in [3.63, 3.8) is 0 Å². The average Bonchev–Trinajstić information content (AvgIpc) is 3.17. The second kappa shape index (κ2) is 24.8. The lowest BCUT2D eigenvalue weighted by molar-refractivity contribution is -0.137. The molecule has 2 amide bonds. The second-order valence-corrected chi connectivity index (χ2v) is 15.0. The molecule has 0 spiro atoms. The molecule has 10 heteroatoms. The van der Waals surface area contributed by atoms with Crippen molar-refractivity contribution in [1.29, 1.82) is 0 Å². The molecule has 4 aromatic rings. The van der Waals surface area contributed by atoms with Crippen molar-refractivity contribution < 1.29 is 38.5 Å². The van der Waals surface area contributed by atoms with Crippen LogP contribution in [-0.4, -0.2) is 54.0 Å². The van der Waals surface area contributed by atoms with Gasteiger partial charge < -0.3 is 29.5 Å². The van der Waals surface area contributed by atoms with Crippen molar-refractivity contribution in [2.45, 2.75) is 100 Å². The number of amides is 2. The van der Waals surface area contributed by atoms with Crippen LogP contribution >= 0.6 is 0 Å². The predicted octanol–water partition coefficient (Wildman–Crippen LogP) is 10.6. The van der Waals surface area contributed by atoms with Gasteiger partial charge in [-0.2, -0.15) is 0 Å². The number of anilines is 1. The van der Waals surface area contributed by atoms with E-state index >= 15 is 0 Å². The molecule has 0 aliphatic carbocycles. The third kappa shape index (κ3) is 18.7. The number of hydrogen-bond acceptors (Lipinski definition) is 7. The molecule has 10 nitrogen and oxygen atoms in total. The monoisotopic (exact) mass is 782 g/mol. The lowest BCUT2D eigenvalue weighted by Gasteiger charge is -2.21. The second-order valence-electron chi connectivity index (χ2n) is 15.0. The number of esters is 1. The first kappa shape index (κ1) is 47.5. The van der Waals surface area contributed by atoms with Crippen molar-refractivity contribution in [1.82, 2.24) is 4.90 Å². The number of aryl methyl sites for hydroxylation is 1. The summed E-state index contributed by atoms with van der Waals surface area (Å²) in [4.78, 5) is 51.5. The van der Waals surface area contributed by atoms with Crippen LogP contribution in [-0.2, 0) is 22.6 Å². The maximum absolute atomic E-state index is 13.3. The molecule has 0 heterocycles. The molecule has 0 saturated heterocycles. The van der Waals surface area contributed by atoms with Crippen LogP contribution in [0.25, 0.3) is 0 Å². The summed E-state index contributed by atoms with van der Waals surface area (Å²) in [6.07, 6.45) is 5.90. The molecule has 0 fully saturated rings. The number of unbranched alkanes of at least 4 members (excludes halogenated alkanes) is 4. The summed E-state index contributed by atoms with van der Waals surface area (Å²) in [5.74, 6) is -0.707. The number of carbonyl (C=O) groups excluding carboxylic acids is 3. The molecule has 0 unspecified atom stereocenters. The van der Waals surface area contributed by atoms with Gasteiger partial charge in [0.15, 0.2) is 0 Å². The fourth-order valence-electron chi connectivity index (χ4n) is 5.24. The van der Waals surface area contributed by atoms with Gasteiger partial charge in [0.05, 0.1) is 25.7 Å². The number of benzene rings is 4. The predicted molar refractivity (Wildman–Crippen MR) is 227 cm³/mol. The molecule has 0 bridgehead atoms. The maximum Gasteiger partial charge on any atom is 0.343 e. The SMILES string of the molecule is CC.CC(C)(C)C.CCCCCCCOc1ccc(C(=O)Oc2ccc(CN(CC(=O)O)C(=O)c3ccc(NC(=O)Cc4ccc(C)c(OC)c4)cc3)cc2)cc1. The standard InChI is InChI=1S/C40H44N2O8.C5H12.C2H6/c1-4-5-6-7-8-23-49-34-21-15-32(16-22-34)40(47)50-35-19-11-29(12-20-35)26-42(27-38(44)45)39(46)31-13-17-33(18-14-31)41-37(43)25-30-10-9-28(2)36(24-30)48-3;1-5(2,3)4;1-2/h9-22,24H,4-8,23,25-27H2,1-3H3,(H,41,43)(H,44,45);1-4H3;1-2H3. The summed E-state index contributed by atoms with van der Waals surface area (Å²) in [7, 11) is 1.58. The highest BCUT2D eigenvalue weighted by Gasteiger charge is 2.20. The lowest BCUT2D eigenvalue weighted by atomic mass is 10.0. The fraction of sp³-hybridized carbons (Fsp3) is 0.404. The van der Waals surface area contributed by atoms with E-state index in [0.717, 1.165) is 24.0 Å². The molecule has 2 N–H and O–H groups in total. The number of carboxylic acid groups (broad SMARTS) is 1. The average molecular weight is 783 g/mol. The maximum atomic E-state index is 13.3. The van der Waals surface area contributed by atoms with E-state index in [1.165, 1.54) is 36.3 Å². The number of aliphatic carboxylic acids is 1. The molecule has 308 valence electrons. The zero-order valence-electron chi connectivity index (χ0n) is 35.3. The Balaban J connectivity index is 0.00000148. The Bertz CT molecular complexity index is 1820. The van der Waals surface area contributed by atoms with Gasteiger partial charge in [-0.3, -0.25) is 14.4 Å². The molecule has 4 aromatic carbocycles. The van der Waals surface area contributed by atoms with Gasteiger partial charge in [-0.25, -0.2) is 4.79 Å². The zero-order valence-corrected chi connectivity index (χ0v) is 35.3. The smallest absolute Gasteiger partial charge is 0.343 e. The van der Waals surface area contributed by atoms with Crippen molar-refractivity contribution >= 4 is 29.4 Å². The van der Waals surface area contributed by atoms with Crippen LogP contribution in [0.15, 0.2) is 91.0 Å². The van der Waals surface area contributed by atoms with Gasteiger partial charge in [-0.15, -0.1) is 0 Å². The number of carboxylic acids is 1. The van der Waals surface area contributed by atoms with Crippen LogP contribution in [0.3, 0.4) is 0 Å². The highest BCUT2D eigenvalue weighted by atomic mass is 16.5. The minimum absolute atomic E-state index is 0.0118. The summed E-state index contributed by atoms with van der Waals surface area (Å²) in [5, 5.41) is 12.3. The summed E-state index contributed by atoms with van der Waals surface area (Å²) < 4.78 is 16.6. The van der Waals surface area contributed by atoms with E-state index in [-0.39, 0.29) is 24.4 Å². The largest absolute Gasteiger partial charge is 0.496 e. The number of hydrogen-bond donors (Lipinski definition) is 2. The van der Waals surface area contributed by atoms with Gasteiger partial charge in [0.25, 0.3) is 5.91 Å². The number of carbonyl (C=O) groups is 4.